The maximum atomic E-state index is 5.82. The second-order valence-electron chi connectivity index (χ2n) is 5.47. The summed E-state index contributed by atoms with van der Waals surface area (Å²) in [5.41, 5.74) is 27.5. The largest absolute Gasteiger partial charge is 0.381 e. The third-order valence-corrected chi connectivity index (χ3v) is 3.88. The Kier molecular flexibility index (Phi) is 2.62. The number of nitrogens with two attached hydrogens (primary N) is 4. The highest BCUT2D eigenvalue weighted by atomic mass is 15.0. The summed E-state index contributed by atoms with van der Waals surface area (Å²) in [6, 6.07) is 0. The maximum Gasteiger partial charge on any atom is 0.167 e. The van der Waals surface area contributed by atoms with Gasteiger partial charge in [0.25, 0.3) is 0 Å². The van der Waals surface area contributed by atoms with Gasteiger partial charge in [-0.15, -0.1) is 0 Å². The lowest BCUT2D eigenvalue weighted by atomic mass is 10.1. The van der Waals surface area contributed by atoms with Crippen molar-refractivity contribution < 1.29 is 0 Å². The Morgan fingerprint density at radius 3 is 0.875 bits per heavy atom. The predicted octanol–water partition coefficient (Wildman–Crippen LogP) is 0.462. The van der Waals surface area contributed by atoms with Crippen LogP contribution in [-0.4, -0.2) is 29.9 Å². The van der Waals surface area contributed by atoms with E-state index in [9.17, 15) is 0 Å². The van der Waals surface area contributed by atoms with Gasteiger partial charge >= 0.3 is 0 Å². The van der Waals surface area contributed by atoms with Crippen LogP contribution in [0.4, 0.5) is 23.3 Å². The van der Waals surface area contributed by atoms with Gasteiger partial charge in [0.2, 0.25) is 0 Å². The molecule has 24 heavy (non-hydrogen) atoms. The summed E-state index contributed by atoms with van der Waals surface area (Å²) < 4.78 is 0. The molecule has 0 bridgehead atoms. The lowest BCUT2D eigenvalue weighted by Crippen LogP contribution is -2.07. The number of nitrogens with zero attached hydrogens (tertiary/aromatic N) is 6. The van der Waals surface area contributed by atoms with E-state index in [4.69, 9.17) is 22.9 Å². The quantitative estimate of drug-likeness (QED) is 0.332. The Hall–Kier alpha value is -3.56. The van der Waals surface area contributed by atoms with Gasteiger partial charge in [-0.05, 0) is 13.8 Å². The summed E-state index contributed by atoms with van der Waals surface area (Å²) in [4.78, 5) is 26.4. The molecule has 4 rings (SSSR count). The van der Waals surface area contributed by atoms with Crippen LogP contribution in [0.1, 0.15) is 11.4 Å². The number of rotatable bonds is 0. The smallest absolute Gasteiger partial charge is 0.167 e. The van der Waals surface area contributed by atoms with Gasteiger partial charge in [-0.2, -0.15) is 0 Å². The van der Waals surface area contributed by atoms with Crippen LogP contribution < -0.4 is 22.9 Å². The van der Waals surface area contributed by atoms with E-state index in [0.29, 0.717) is 33.1 Å². The average molecular weight is 322 g/mol. The first-order valence-corrected chi connectivity index (χ1v) is 7.09. The van der Waals surface area contributed by atoms with E-state index in [1.54, 1.807) is 0 Å². The number of nitrogen functional groups attached to an aromatic ring is 4. The van der Waals surface area contributed by atoms with Gasteiger partial charge in [0.05, 0.1) is 11.4 Å². The number of hydrogen-bond acceptors (Lipinski definition) is 10. The zero-order chi connectivity index (χ0) is 17.2. The summed E-state index contributed by atoms with van der Waals surface area (Å²) in [5.74, 6) is 0.411. The maximum absolute atomic E-state index is 5.82. The molecule has 0 atom stereocenters. The van der Waals surface area contributed by atoms with Crippen molar-refractivity contribution in [1.82, 2.24) is 29.9 Å². The molecule has 3 heterocycles. The first-order valence-electron chi connectivity index (χ1n) is 7.09. The topological polar surface area (TPSA) is 181 Å². The summed E-state index contributed by atoms with van der Waals surface area (Å²) in [7, 11) is 0. The zero-order valence-corrected chi connectivity index (χ0v) is 13.0. The Bertz CT molecular complexity index is 900. The fourth-order valence-corrected chi connectivity index (χ4v) is 2.52. The summed E-state index contributed by atoms with van der Waals surface area (Å²) in [6.45, 7) is 3.71. The van der Waals surface area contributed by atoms with Gasteiger partial charge in [0.1, 0.15) is 33.1 Å². The molecular weight excluding hydrogens is 308 g/mol. The molecule has 4 aromatic rings. The van der Waals surface area contributed by atoms with Gasteiger partial charge in [-0.1, -0.05) is 0 Å². The fraction of sp³-hybridized carbons (Fsp3) is 0.143. The molecule has 0 saturated heterocycles. The number of fused-ring (bicyclic) bond motifs is 6. The Balaban J connectivity index is 2.40. The number of benzene rings is 1. The van der Waals surface area contributed by atoms with Crippen LogP contribution >= 0.6 is 0 Å². The van der Waals surface area contributed by atoms with Crippen LogP contribution in [0.2, 0.25) is 0 Å². The first kappa shape index (κ1) is 14.1. The van der Waals surface area contributed by atoms with E-state index in [1.807, 2.05) is 13.8 Å². The highest BCUT2D eigenvalue weighted by Crippen LogP contribution is 2.32. The number of aromatic nitrogens is 6. The lowest BCUT2D eigenvalue weighted by Gasteiger charge is -2.11. The summed E-state index contributed by atoms with van der Waals surface area (Å²) in [5, 5.41) is 0. The minimum Gasteiger partial charge on any atom is -0.381 e. The first-order chi connectivity index (χ1) is 11.4. The molecule has 1 aromatic carbocycles. The highest BCUT2D eigenvalue weighted by molar-refractivity contribution is 6.18. The highest BCUT2D eigenvalue weighted by Gasteiger charge is 2.19. The molecule has 0 aliphatic rings. The summed E-state index contributed by atoms with van der Waals surface area (Å²) in [6.07, 6.45) is 0. The molecule has 0 saturated carbocycles. The van der Waals surface area contributed by atoms with E-state index in [-0.39, 0.29) is 23.3 Å². The van der Waals surface area contributed by atoms with Gasteiger partial charge in [-0.25, -0.2) is 29.9 Å². The van der Waals surface area contributed by atoms with Crippen molar-refractivity contribution in [3.05, 3.63) is 11.4 Å². The van der Waals surface area contributed by atoms with Crippen molar-refractivity contribution in [3.8, 4) is 0 Å². The molecule has 8 N–H and O–H groups in total. The lowest BCUT2D eigenvalue weighted by molar-refractivity contribution is 1.10. The van der Waals surface area contributed by atoms with Crippen LogP contribution in [-0.2, 0) is 0 Å². The van der Waals surface area contributed by atoms with E-state index < -0.39 is 0 Å². The molecule has 10 nitrogen and oxygen atoms in total. The van der Waals surface area contributed by atoms with Gasteiger partial charge in [-0.3, -0.25) is 0 Å². The van der Waals surface area contributed by atoms with E-state index in [0.717, 1.165) is 11.4 Å². The van der Waals surface area contributed by atoms with Crippen molar-refractivity contribution in [2.24, 2.45) is 0 Å². The van der Waals surface area contributed by atoms with Crippen molar-refractivity contribution in [2.45, 2.75) is 13.8 Å². The van der Waals surface area contributed by atoms with Crippen LogP contribution in [0.3, 0.4) is 0 Å². The van der Waals surface area contributed by atoms with Crippen molar-refractivity contribution in [1.29, 1.82) is 0 Å². The van der Waals surface area contributed by atoms with Crippen molar-refractivity contribution >= 4 is 56.4 Å². The van der Waals surface area contributed by atoms with Crippen LogP contribution in [0.5, 0.6) is 0 Å². The van der Waals surface area contributed by atoms with Gasteiger partial charge in [0.15, 0.2) is 23.3 Å². The number of anilines is 4. The molecule has 0 radical (unpaired) electrons. The van der Waals surface area contributed by atoms with Crippen molar-refractivity contribution in [3.63, 3.8) is 0 Å². The molecule has 0 unspecified atom stereocenters. The van der Waals surface area contributed by atoms with E-state index >= 15 is 0 Å². The third kappa shape index (κ3) is 1.76. The molecule has 3 aromatic heterocycles. The molecule has 0 spiro atoms. The molecule has 0 fully saturated rings. The van der Waals surface area contributed by atoms with Gasteiger partial charge < -0.3 is 22.9 Å². The molecule has 0 aliphatic carbocycles. The molecule has 0 aliphatic heterocycles. The second kappa shape index (κ2) is 4.47. The Morgan fingerprint density at radius 1 is 0.417 bits per heavy atom. The minimum absolute atomic E-state index is 0.0946. The van der Waals surface area contributed by atoms with Gasteiger partial charge in [0, 0.05) is 0 Å². The Morgan fingerprint density at radius 2 is 0.625 bits per heavy atom. The molecular formula is C14H14N10. The van der Waals surface area contributed by atoms with Crippen LogP contribution in [0.25, 0.3) is 33.1 Å². The summed E-state index contributed by atoms with van der Waals surface area (Å²) >= 11 is 0. The van der Waals surface area contributed by atoms with E-state index in [1.165, 1.54) is 0 Å². The van der Waals surface area contributed by atoms with Crippen LogP contribution in [0.15, 0.2) is 0 Å². The standard InChI is InChI=1S/C14H14N10/c1-3-4(2)20-6-5(19-3)7-9(23-13(17)11(15)21-7)10-8(6)22-12(16)14(18)24-10/h1-2H3,(H2,15,21)(H2,16,22)(H2,17,23)(H2,18,24). The number of aryl methyl sites for hydroxylation is 2. The monoisotopic (exact) mass is 322 g/mol. The second-order valence-corrected chi connectivity index (χ2v) is 5.47. The SMILES string of the molecule is Cc1nc2c(nc1C)c1nc(N)c(N)nc1c1nc(N)c(N)nc21. The molecule has 10 heteroatoms. The number of hydrogen-bond donors (Lipinski definition) is 4. The van der Waals surface area contributed by atoms with Crippen molar-refractivity contribution in [2.75, 3.05) is 22.9 Å². The third-order valence-electron chi connectivity index (χ3n) is 3.88. The minimum atomic E-state index is 0.0946. The fourth-order valence-electron chi connectivity index (χ4n) is 2.52. The average Bonchev–Trinajstić information content (AvgIpc) is 2.53. The molecule has 0 amide bonds. The Labute approximate surface area is 135 Å². The van der Waals surface area contributed by atoms with E-state index in [2.05, 4.69) is 29.9 Å². The molecule has 120 valence electrons. The normalized spacial score (nSPS) is 11.6. The predicted molar refractivity (Wildman–Crippen MR) is 92.9 cm³/mol. The van der Waals surface area contributed by atoms with Crippen LogP contribution in [0, 0.1) is 13.8 Å². The zero-order valence-electron chi connectivity index (χ0n) is 13.0.